The predicted molar refractivity (Wildman–Crippen MR) is 132 cm³/mol. The molecule has 4 aromatic rings. The average Bonchev–Trinajstić information content (AvgIpc) is 3.17. The Kier molecular flexibility index (Phi) is 7.46. The van der Waals surface area contributed by atoms with E-state index >= 15 is 0 Å². The van der Waals surface area contributed by atoms with Crippen LogP contribution in [-0.4, -0.2) is 16.1 Å². The Hall–Kier alpha value is -2.82. The Morgan fingerprint density at radius 2 is 1.78 bits per heavy atom. The number of fused-ring (bicyclic) bond motifs is 1. The zero-order valence-corrected chi connectivity index (χ0v) is 19.5. The number of imidazole rings is 1. The van der Waals surface area contributed by atoms with Crippen molar-refractivity contribution in [1.29, 1.82) is 0 Å². The summed E-state index contributed by atoms with van der Waals surface area (Å²) in [6.45, 7) is 7.63. The molecule has 4 rings (SSSR count). The topological polar surface area (TPSA) is 39.1 Å². The van der Waals surface area contributed by atoms with Gasteiger partial charge in [-0.3, -0.25) is 0 Å². The number of para-hydroxylation sites is 1. The molecule has 0 radical (unpaired) electrons. The summed E-state index contributed by atoms with van der Waals surface area (Å²) in [6.07, 6.45) is 1.06. The molecule has 1 heterocycles. The van der Waals surface area contributed by atoms with Crippen molar-refractivity contribution >= 4 is 22.6 Å². The summed E-state index contributed by atoms with van der Waals surface area (Å²) in [4.78, 5) is 4.92. The number of nitrogens with one attached hydrogen (secondary N) is 1. The van der Waals surface area contributed by atoms with Gasteiger partial charge in [-0.15, -0.1) is 0 Å². The molecule has 1 aromatic heterocycles. The molecule has 0 aliphatic heterocycles. The average molecular weight is 448 g/mol. The maximum Gasteiger partial charge on any atom is 0.148 e. The van der Waals surface area contributed by atoms with Crippen LogP contribution in [0.15, 0.2) is 72.8 Å². The van der Waals surface area contributed by atoms with Gasteiger partial charge < -0.3 is 14.6 Å². The first-order valence-corrected chi connectivity index (χ1v) is 11.6. The summed E-state index contributed by atoms with van der Waals surface area (Å²) in [7, 11) is 0. The summed E-state index contributed by atoms with van der Waals surface area (Å²) < 4.78 is 8.33. The van der Waals surface area contributed by atoms with Crippen molar-refractivity contribution in [2.24, 2.45) is 5.92 Å². The number of hydrogen-bond donors (Lipinski definition) is 1. The SMILES string of the molecule is Cc1cccc2c1nc(COc1ccc(Cl)cc1)n2CCC(C)CNCc1ccccc1. The fourth-order valence-electron chi connectivity index (χ4n) is 3.88. The highest BCUT2D eigenvalue weighted by Crippen LogP contribution is 2.23. The monoisotopic (exact) mass is 447 g/mol. The third-order valence-corrected chi connectivity index (χ3v) is 6.00. The number of hydrogen-bond acceptors (Lipinski definition) is 3. The second-order valence-electron chi connectivity index (χ2n) is 8.38. The fourth-order valence-corrected chi connectivity index (χ4v) is 4.01. The van der Waals surface area contributed by atoms with Crippen LogP contribution in [-0.2, 0) is 19.7 Å². The number of aromatic nitrogens is 2. The van der Waals surface area contributed by atoms with E-state index in [2.05, 4.69) is 72.3 Å². The number of halogens is 1. The van der Waals surface area contributed by atoms with Crippen molar-refractivity contribution in [2.45, 2.75) is 40.0 Å². The van der Waals surface area contributed by atoms with Gasteiger partial charge in [-0.05, 0) is 67.3 Å². The van der Waals surface area contributed by atoms with Crippen LogP contribution in [0.3, 0.4) is 0 Å². The van der Waals surface area contributed by atoms with Gasteiger partial charge in [-0.25, -0.2) is 4.98 Å². The molecule has 0 spiro atoms. The van der Waals surface area contributed by atoms with Crippen molar-refractivity contribution in [3.63, 3.8) is 0 Å². The van der Waals surface area contributed by atoms with Crippen LogP contribution in [0.25, 0.3) is 11.0 Å². The Labute approximate surface area is 195 Å². The summed E-state index contributed by atoms with van der Waals surface area (Å²) in [5.41, 5.74) is 4.73. The standard InChI is InChI=1S/C27H30ClN3O/c1-20(17-29-18-22-8-4-3-5-9-22)15-16-31-25-10-6-7-21(2)27(25)30-26(31)19-32-24-13-11-23(28)12-14-24/h3-14,20,29H,15-19H2,1-2H3. The van der Waals surface area contributed by atoms with E-state index in [-0.39, 0.29) is 0 Å². The van der Waals surface area contributed by atoms with E-state index in [1.807, 2.05) is 24.3 Å². The van der Waals surface area contributed by atoms with E-state index in [1.54, 1.807) is 0 Å². The van der Waals surface area contributed by atoms with Crippen LogP contribution in [0, 0.1) is 12.8 Å². The lowest BCUT2D eigenvalue weighted by Crippen LogP contribution is -2.22. The largest absolute Gasteiger partial charge is 0.486 e. The molecule has 0 saturated carbocycles. The highest BCUT2D eigenvalue weighted by atomic mass is 35.5. The number of ether oxygens (including phenoxy) is 1. The minimum absolute atomic E-state index is 0.427. The first kappa shape index (κ1) is 22.4. The Morgan fingerprint density at radius 1 is 1.00 bits per heavy atom. The smallest absolute Gasteiger partial charge is 0.148 e. The molecule has 0 bridgehead atoms. The molecule has 1 N–H and O–H groups in total. The molecule has 0 amide bonds. The summed E-state index contributed by atoms with van der Waals surface area (Å²) in [5, 5.41) is 4.29. The van der Waals surface area contributed by atoms with Gasteiger partial charge in [-0.1, -0.05) is 61.0 Å². The zero-order chi connectivity index (χ0) is 22.3. The van der Waals surface area contributed by atoms with E-state index in [4.69, 9.17) is 21.3 Å². The minimum Gasteiger partial charge on any atom is -0.486 e. The van der Waals surface area contributed by atoms with Crippen molar-refractivity contribution in [3.05, 3.63) is 94.8 Å². The lowest BCUT2D eigenvalue weighted by molar-refractivity contribution is 0.288. The number of rotatable bonds is 10. The molecule has 32 heavy (non-hydrogen) atoms. The van der Waals surface area contributed by atoms with Gasteiger partial charge in [0.1, 0.15) is 18.2 Å². The highest BCUT2D eigenvalue weighted by Gasteiger charge is 2.14. The van der Waals surface area contributed by atoms with Crippen molar-refractivity contribution < 1.29 is 4.74 Å². The molecule has 5 heteroatoms. The summed E-state index contributed by atoms with van der Waals surface area (Å²) in [6, 6.07) is 24.4. The second kappa shape index (κ2) is 10.7. The lowest BCUT2D eigenvalue weighted by atomic mass is 10.1. The molecule has 0 aliphatic rings. The van der Waals surface area contributed by atoms with Crippen LogP contribution in [0.4, 0.5) is 0 Å². The minimum atomic E-state index is 0.427. The first-order valence-electron chi connectivity index (χ1n) is 11.2. The maximum atomic E-state index is 6.02. The number of nitrogens with zero attached hydrogens (tertiary/aromatic N) is 2. The van der Waals surface area contributed by atoms with E-state index in [9.17, 15) is 0 Å². The highest BCUT2D eigenvalue weighted by molar-refractivity contribution is 6.30. The van der Waals surface area contributed by atoms with Gasteiger partial charge in [0.15, 0.2) is 0 Å². The number of benzene rings is 3. The summed E-state index contributed by atoms with van der Waals surface area (Å²) >= 11 is 5.99. The summed E-state index contributed by atoms with van der Waals surface area (Å²) in [5.74, 6) is 2.29. The molecular formula is C27H30ClN3O. The maximum absolute atomic E-state index is 6.02. The predicted octanol–water partition coefficient (Wildman–Crippen LogP) is 6.39. The molecule has 0 aliphatic carbocycles. The quantitative estimate of drug-likeness (QED) is 0.306. The van der Waals surface area contributed by atoms with Gasteiger partial charge in [0.05, 0.1) is 11.0 Å². The van der Waals surface area contributed by atoms with Gasteiger partial charge in [-0.2, -0.15) is 0 Å². The third-order valence-electron chi connectivity index (χ3n) is 5.75. The van der Waals surface area contributed by atoms with Gasteiger partial charge in [0.25, 0.3) is 0 Å². The van der Waals surface area contributed by atoms with E-state index < -0.39 is 0 Å². The van der Waals surface area contributed by atoms with Gasteiger partial charge >= 0.3 is 0 Å². The molecule has 4 nitrogen and oxygen atoms in total. The Morgan fingerprint density at radius 3 is 2.56 bits per heavy atom. The van der Waals surface area contributed by atoms with Crippen molar-refractivity contribution in [1.82, 2.24) is 14.9 Å². The Bertz CT molecular complexity index is 1140. The molecule has 0 fully saturated rings. The van der Waals surface area contributed by atoms with Crippen LogP contribution in [0.2, 0.25) is 5.02 Å². The van der Waals surface area contributed by atoms with Crippen LogP contribution >= 0.6 is 11.6 Å². The van der Waals surface area contributed by atoms with E-state index in [0.717, 1.165) is 43.1 Å². The van der Waals surface area contributed by atoms with Crippen molar-refractivity contribution in [3.8, 4) is 5.75 Å². The lowest BCUT2D eigenvalue weighted by Gasteiger charge is -2.15. The molecule has 1 atom stereocenters. The normalized spacial score (nSPS) is 12.2. The Balaban J connectivity index is 1.41. The third kappa shape index (κ3) is 5.70. The molecular weight excluding hydrogens is 418 g/mol. The first-order chi connectivity index (χ1) is 15.6. The van der Waals surface area contributed by atoms with Crippen LogP contribution in [0.5, 0.6) is 5.75 Å². The van der Waals surface area contributed by atoms with E-state index in [1.165, 1.54) is 16.6 Å². The van der Waals surface area contributed by atoms with Crippen LogP contribution in [0.1, 0.15) is 30.3 Å². The van der Waals surface area contributed by atoms with Crippen LogP contribution < -0.4 is 10.1 Å². The molecule has 3 aromatic carbocycles. The van der Waals surface area contributed by atoms with Gasteiger partial charge in [0, 0.05) is 18.1 Å². The second-order valence-corrected chi connectivity index (χ2v) is 8.81. The number of aryl methyl sites for hydroxylation is 2. The van der Waals surface area contributed by atoms with Crippen molar-refractivity contribution in [2.75, 3.05) is 6.54 Å². The molecule has 0 saturated heterocycles. The molecule has 1 unspecified atom stereocenters. The molecule has 166 valence electrons. The van der Waals surface area contributed by atoms with Gasteiger partial charge in [0.2, 0.25) is 0 Å². The fraction of sp³-hybridized carbons (Fsp3) is 0.296. The zero-order valence-electron chi connectivity index (χ0n) is 18.7. The van der Waals surface area contributed by atoms with E-state index in [0.29, 0.717) is 17.5 Å².